The van der Waals surface area contributed by atoms with Crippen molar-refractivity contribution in [1.29, 1.82) is 0 Å². The van der Waals surface area contributed by atoms with Gasteiger partial charge >= 0.3 is 0 Å². The highest BCUT2D eigenvalue weighted by Gasteiger charge is 2.40. The SMILES string of the molecule is c1ccc(-c2cccc(-c3cc4c5c(c3)-c3ccccc3SB5c3cccc(-n5c6ccccc6c6ccccc65)c3O4)c2)cc1. The zero-order chi connectivity index (χ0) is 30.2. The van der Waals surface area contributed by atoms with Crippen molar-refractivity contribution in [2.24, 2.45) is 0 Å². The summed E-state index contributed by atoms with van der Waals surface area (Å²) >= 11 is 1.93. The lowest BCUT2D eigenvalue weighted by molar-refractivity contribution is 0.486. The van der Waals surface area contributed by atoms with Crippen LogP contribution in [-0.2, 0) is 0 Å². The van der Waals surface area contributed by atoms with E-state index in [0.717, 1.165) is 22.7 Å². The van der Waals surface area contributed by atoms with Crippen molar-refractivity contribution in [1.82, 2.24) is 4.57 Å². The second-order valence-electron chi connectivity index (χ2n) is 12.0. The molecule has 0 atom stereocenters. The van der Waals surface area contributed by atoms with Gasteiger partial charge in [0.2, 0.25) is 0 Å². The number of rotatable bonds is 3. The highest BCUT2D eigenvalue weighted by molar-refractivity contribution is 8.28. The van der Waals surface area contributed by atoms with Gasteiger partial charge in [-0.05, 0) is 86.8 Å². The van der Waals surface area contributed by atoms with Crippen LogP contribution in [0.25, 0.3) is 60.9 Å². The predicted octanol–water partition coefficient (Wildman–Crippen LogP) is 10.1. The molecule has 0 saturated carbocycles. The Balaban J connectivity index is 1.21. The largest absolute Gasteiger partial charge is 0.456 e. The molecule has 2 nitrogen and oxygen atoms in total. The number of nitrogens with zero attached hydrogens (tertiary/aromatic N) is 1. The summed E-state index contributed by atoms with van der Waals surface area (Å²) in [5.41, 5.74) is 13.2. The Morgan fingerprint density at radius 1 is 0.500 bits per heavy atom. The topological polar surface area (TPSA) is 14.2 Å². The van der Waals surface area contributed by atoms with Crippen LogP contribution in [0, 0.1) is 0 Å². The Morgan fingerprint density at radius 3 is 1.96 bits per heavy atom. The molecule has 8 aromatic rings. The highest BCUT2D eigenvalue weighted by atomic mass is 32.2. The van der Waals surface area contributed by atoms with E-state index in [1.165, 1.54) is 65.4 Å². The Kier molecular flexibility index (Phi) is 5.64. The second-order valence-corrected chi connectivity index (χ2v) is 13.2. The zero-order valence-electron chi connectivity index (χ0n) is 24.9. The molecule has 0 fully saturated rings. The first kappa shape index (κ1) is 25.8. The summed E-state index contributed by atoms with van der Waals surface area (Å²) in [4.78, 5) is 1.30. The van der Waals surface area contributed by atoms with Gasteiger partial charge in [0.05, 0.1) is 16.7 Å². The molecule has 0 amide bonds. The van der Waals surface area contributed by atoms with Crippen LogP contribution in [0.4, 0.5) is 0 Å². The molecule has 0 aliphatic carbocycles. The van der Waals surface area contributed by atoms with E-state index in [0.29, 0.717) is 0 Å². The van der Waals surface area contributed by atoms with Gasteiger partial charge in [0.15, 0.2) is 0 Å². The van der Waals surface area contributed by atoms with Crippen LogP contribution in [0.1, 0.15) is 0 Å². The van der Waals surface area contributed by atoms with Crippen LogP contribution in [0.2, 0.25) is 0 Å². The van der Waals surface area contributed by atoms with Gasteiger partial charge in [-0.15, -0.1) is 0 Å². The maximum Gasteiger partial charge on any atom is 0.289 e. The van der Waals surface area contributed by atoms with Crippen molar-refractivity contribution in [3.8, 4) is 50.6 Å². The molecular formula is C42H26BNOS. The first-order chi connectivity index (χ1) is 22.8. The van der Waals surface area contributed by atoms with Crippen LogP contribution in [0.5, 0.6) is 11.5 Å². The fraction of sp³-hybridized carbons (Fsp3) is 0. The standard InChI is InChI=1S/C42H26BNOS/c1-2-12-27(13-3-1)28-14-10-15-29(24-28)30-25-34-33-18-6-9-23-40(33)46-43-35-19-11-22-38(42(35)45-39(26-30)41(34)43)44-36-20-7-4-16-31(36)32-17-5-8-21-37(32)44/h1-26H. The lowest BCUT2D eigenvalue weighted by Gasteiger charge is -2.34. The van der Waals surface area contributed by atoms with Crippen molar-refractivity contribution in [2.75, 3.05) is 0 Å². The van der Waals surface area contributed by atoms with Gasteiger partial charge in [-0.1, -0.05) is 115 Å². The quantitative estimate of drug-likeness (QED) is 0.187. The van der Waals surface area contributed by atoms with E-state index in [4.69, 9.17) is 4.74 Å². The van der Waals surface area contributed by atoms with Gasteiger partial charge in [-0.2, -0.15) is 11.6 Å². The van der Waals surface area contributed by atoms with E-state index in [9.17, 15) is 0 Å². The maximum absolute atomic E-state index is 7.13. The van der Waals surface area contributed by atoms with Crippen molar-refractivity contribution < 1.29 is 4.74 Å². The molecule has 2 aliphatic heterocycles. The molecule has 0 bridgehead atoms. The average Bonchev–Trinajstić information content (AvgIpc) is 3.46. The van der Waals surface area contributed by atoms with Crippen molar-refractivity contribution >= 4 is 50.3 Å². The number of hydrogen-bond acceptors (Lipinski definition) is 2. The van der Waals surface area contributed by atoms with E-state index in [1.54, 1.807) is 0 Å². The fourth-order valence-corrected chi connectivity index (χ4v) is 8.79. The molecule has 10 rings (SSSR count). The highest BCUT2D eigenvalue weighted by Crippen LogP contribution is 2.46. The molecule has 46 heavy (non-hydrogen) atoms. The number of aromatic nitrogens is 1. The number of para-hydroxylation sites is 3. The smallest absolute Gasteiger partial charge is 0.289 e. The van der Waals surface area contributed by atoms with Gasteiger partial charge in [0.1, 0.15) is 11.5 Å². The van der Waals surface area contributed by atoms with E-state index in [-0.39, 0.29) is 5.99 Å². The molecule has 214 valence electrons. The zero-order valence-corrected chi connectivity index (χ0v) is 25.7. The van der Waals surface area contributed by atoms with Gasteiger partial charge in [-0.3, -0.25) is 0 Å². The van der Waals surface area contributed by atoms with Crippen LogP contribution >= 0.6 is 11.6 Å². The van der Waals surface area contributed by atoms with Gasteiger partial charge in [-0.25, -0.2) is 0 Å². The monoisotopic (exact) mass is 603 g/mol. The second kappa shape index (κ2) is 10.0. The lowest BCUT2D eigenvalue weighted by Crippen LogP contribution is -2.46. The molecule has 1 aromatic heterocycles. The first-order valence-corrected chi connectivity index (χ1v) is 16.6. The minimum absolute atomic E-state index is 0.126. The molecule has 0 saturated heterocycles. The summed E-state index contributed by atoms with van der Waals surface area (Å²) in [6, 6.07) is 56.9. The van der Waals surface area contributed by atoms with Crippen LogP contribution in [0.3, 0.4) is 0 Å². The molecule has 2 aliphatic rings. The van der Waals surface area contributed by atoms with Gasteiger partial charge in [0, 0.05) is 15.7 Å². The van der Waals surface area contributed by atoms with Gasteiger partial charge in [0.25, 0.3) is 5.99 Å². The molecule has 0 spiro atoms. The van der Waals surface area contributed by atoms with E-state index in [2.05, 4.69) is 162 Å². The molecule has 0 unspecified atom stereocenters. The Morgan fingerprint density at radius 2 is 1.15 bits per heavy atom. The molecule has 3 heterocycles. The fourth-order valence-electron chi connectivity index (χ4n) is 7.40. The average molecular weight is 604 g/mol. The third-order valence-electron chi connectivity index (χ3n) is 9.47. The summed E-state index contributed by atoms with van der Waals surface area (Å²) in [7, 11) is 0. The van der Waals surface area contributed by atoms with Gasteiger partial charge < -0.3 is 9.30 Å². The summed E-state index contributed by atoms with van der Waals surface area (Å²) in [6.07, 6.45) is 0. The summed E-state index contributed by atoms with van der Waals surface area (Å²) in [5, 5.41) is 2.49. The lowest BCUT2D eigenvalue weighted by atomic mass is 9.57. The van der Waals surface area contributed by atoms with Crippen LogP contribution < -0.4 is 15.7 Å². The maximum atomic E-state index is 7.13. The third-order valence-corrected chi connectivity index (χ3v) is 10.8. The summed E-state index contributed by atoms with van der Waals surface area (Å²) in [6.45, 7) is 0. The van der Waals surface area contributed by atoms with E-state index >= 15 is 0 Å². The van der Waals surface area contributed by atoms with E-state index < -0.39 is 0 Å². The molecular weight excluding hydrogens is 577 g/mol. The molecule has 0 N–H and O–H groups in total. The minimum atomic E-state index is 0.126. The number of hydrogen-bond donors (Lipinski definition) is 0. The number of ether oxygens (including phenoxy) is 1. The van der Waals surface area contributed by atoms with E-state index in [1.807, 2.05) is 11.6 Å². The van der Waals surface area contributed by atoms with Crippen molar-refractivity contribution in [2.45, 2.75) is 4.90 Å². The third kappa shape index (κ3) is 3.80. The Bertz CT molecular complexity index is 2450. The van der Waals surface area contributed by atoms with Crippen LogP contribution in [0.15, 0.2) is 163 Å². The molecule has 4 heteroatoms. The summed E-state index contributed by atoms with van der Waals surface area (Å²) in [5.74, 6) is 1.99. The van der Waals surface area contributed by atoms with Crippen molar-refractivity contribution in [3.63, 3.8) is 0 Å². The Hall–Kier alpha value is -5.45. The number of fused-ring (bicyclic) bond motifs is 7. The molecule has 7 aromatic carbocycles. The Labute approximate surface area is 271 Å². The number of benzene rings is 7. The summed E-state index contributed by atoms with van der Waals surface area (Å²) < 4.78 is 9.51. The molecule has 0 radical (unpaired) electrons. The predicted molar refractivity (Wildman–Crippen MR) is 194 cm³/mol. The minimum Gasteiger partial charge on any atom is -0.456 e. The van der Waals surface area contributed by atoms with Crippen LogP contribution in [-0.4, -0.2) is 10.6 Å². The first-order valence-electron chi connectivity index (χ1n) is 15.7. The normalized spacial score (nSPS) is 12.8. The van der Waals surface area contributed by atoms with Crippen molar-refractivity contribution in [3.05, 3.63) is 158 Å².